The first-order valence-electron chi connectivity index (χ1n) is 4.73. The van der Waals surface area contributed by atoms with Crippen molar-refractivity contribution in [3.63, 3.8) is 0 Å². The smallest absolute Gasteiger partial charge is 0.195 e. The number of thiazole rings is 1. The molecule has 0 aliphatic heterocycles. The lowest BCUT2D eigenvalue weighted by Crippen LogP contribution is -2.14. The molecule has 1 unspecified atom stereocenters. The number of nitrogens with zero attached hydrogens (tertiary/aromatic N) is 2. The zero-order valence-corrected chi connectivity index (χ0v) is 10.0. The fraction of sp³-hybridized carbons (Fsp3) is 0.444. The summed E-state index contributed by atoms with van der Waals surface area (Å²) < 4.78 is 1.83. The normalized spacial score (nSPS) is 13.4. The first-order valence-corrected chi connectivity index (χ1v) is 6.59. The molecule has 0 bridgehead atoms. The summed E-state index contributed by atoms with van der Waals surface area (Å²) in [5.41, 5.74) is 0.728. The van der Waals surface area contributed by atoms with Crippen molar-refractivity contribution in [1.29, 1.82) is 0 Å². The van der Waals surface area contributed by atoms with Crippen molar-refractivity contribution in [2.75, 3.05) is 12.4 Å². The molecule has 5 nitrogen and oxygen atoms in total. The minimum Gasteiger partial charge on any atom is -0.394 e. The molecule has 0 amide bonds. The highest BCUT2D eigenvalue weighted by Crippen LogP contribution is 2.26. The Balaban J connectivity index is 2.19. The van der Waals surface area contributed by atoms with Gasteiger partial charge in [-0.1, -0.05) is 0 Å². The molecule has 2 heterocycles. The van der Waals surface area contributed by atoms with E-state index in [1.165, 1.54) is 23.1 Å². The SMILES string of the molecule is OCc1c(SCC(O)CO)nc2sccn12. The van der Waals surface area contributed by atoms with Gasteiger partial charge in [0, 0.05) is 17.3 Å². The third-order valence-corrected chi connectivity index (χ3v) is 4.01. The molecule has 2 rings (SSSR count). The van der Waals surface area contributed by atoms with Crippen LogP contribution in [0.5, 0.6) is 0 Å². The Morgan fingerprint density at radius 1 is 1.50 bits per heavy atom. The van der Waals surface area contributed by atoms with Crippen molar-refractivity contribution < 1.29 is 15.3 Å². The zero-order chi connectivity index (χ0) is 11.5. The van der Waals surface area contributed by atoms with Gasteiger partial charge in [0.1, 0.15) is 5.03 Å². The summed E-state index contributed by atoms with van der Waals surface area (Å²) in [6, 6.07) is 0. The Hall–Kier alpha value is -0.600. The van der Waals surface area contributed by atoms with E-state index >= 15 is 0 Å². The van der Waals surface area contributed by atoms with Crippen LogP contribution < -0.4 is 0 Å². The number of aromatic nitrogens is 2. The topological polar surface area (TPSA) is 78.0 Å². The first kappa shape index (κ1) is 11.9. The number of hydrogen-bond donors (Lipinski definition) is 3. The Morgan fingerprint density at radius 3 is 3.00 bits per heavy atom. The molecule has 1 atom stereocenters. The quantitative estimate of drug-likeness (QED) is 0.675. The highest BCUT2D eigenvalue weighted by atomic mass is 32.2. The average molecular weight is 260 g/mol. The maximum atomic E-state index is 9.26. The predicted molar refractivity (Wildman–Crippen MR) is 62.8 cm³/mol. The summed E-state index contributed by atoms with van der Waals surface area (Å²) in [5.74, 6) is 0.369. The van der Waals surface area contributed by atoms with Crippen LogP contribution >= 0.6 is 23.1 Å². The summed E-state index contributed by atoms with van der Waals surface area (Å²) >= 11 is 2.83. The fourth-order valence-corrected chi connectivity index (χ4v) is 3.03. The molecule has 0 radical (unpaired) electrons. The molecule has 0 aliphatic rings. The molecular weight excluding hydrogens is 248 g/mol. The standard InChI is InChI=1S/C9H12N2O3S2/c12-3-6(14)5-16-8-7(4-13)11-1-2-15-9(11)10-8/h1-2,6,12-14H,3-5H2. The number of fused-ring (bicyclic) bond motifs is 1. The summed E-state index contributed by atoms with van der Waals surface area (Å²) in [6.07, 6.45) is 1.10. The van der Waals surface area contributed by atoms with Crippen molar-refractivity contribution in [3.8, 4) is 0 Å². The van der Waals surface area contributed by atoms with Crippen LogP contribution in [0, 0.1) is 0 Å². The summed E-state index contributed by atoms with van der Waals surface area (Å²) in [5, 5.41) is 29.8. The molecular formula is C9H12N2O3S2. The third kappa shape index (κ3) is 2.23. The van der Waals surface area contributed by atoms with Gasteiger partial charge in [-0.3, -0.25) is 4.40 Å². The number of hydrogen-bond acceptors (Lipinski definition) is 6. The minimum absolute atomic E-state index is 0.0878. The highest BCUT2D eigenvalue weighted by Gasteiger charge is 2.14. The van der Waals surface area contributed by atoms with Gasteiger partial charge in [-0.25, -0.2) is 4.98 Å². The average Bonchev–Trinajstić information content (AvgIpc) is 2.84. The molecule has 0 fully saturated rings. The van der Waals surface area contributed by atoms with E-state index in [2.05, 4.69) is 4.98 Å². The van der Waals surface area contributed by atoms with Gasteiger partial charge >= 0.3 is 0 Å². The first-order chi connectivity index (χ1) is 7.76. The van der Waals surface area contributed by atoms with Gasteiger partial charge in [-0.15, -0.1) is 23.1 Å². The third-order valence-electron chi connectivity index (χ3n) is 2.10. The van der Waals surface area contributed by atoms with Crippen LogP contribution in [0.25, 0.3) is 4.96 Å². The molecule has 3 N–H and O–H groups in total. The van der Waals surface area contributed by atoms with Crippen LogP contribution in [0.4, 0.5) is 0 Å². The van der Waals surface area contributed by atoms with Crippen molar-refractivity contribution in [2.24, 2.45) is 0 Å². The molecule has 0 spiro atoms. The maximum Gasteiger partial charge on any atom is 0.195 e. The fourth-order valence-electron chi connectivity index (χ4n) is 1.30. The van der Waals surface area contributed by atoms with E-state index < -0.39 is 6.10 Å². The van der Waals surface area contributed by atoms with Crippen LogP contribution in [0.15, 0.2) is 16.6 Å². The number of rotatable bonds is 5. The minimum atomic E-state index is -0.753. The lowest BCUT2D eigenvalue weighted by Gasteiger charge is -2.05. The Labute approximate surface area is 100 Å². The molecule has 0 saturated carbocycles. The Bertz CT molecular complexity index is 468. The van der Waals surface area contributed by atoms with Crippen LogP contribution in [-0.4, -0.2) is 43.2 Å². The largest absolute Gasteiger partial charge is 0.394 e. The number of thioether (sulfide) groups is 1. The van der Waals surface area contributed by atoms with Gasteiger partial charge < -0.3 is 15.3 Å². The van der Waals surface area contributed by atoms with Crippen LogP contribution in [-0.2, 0) is 6.61 Å². The highest BCUT2D eigenvalue weighted by molar-refractivity contribution is 7.99. The second-order valence-corrected chi connectivity index (χ2v) is 5.11. The van der Waals surface area contributed by atoms with Gasteiger partial charge in [0.15, 0.2) is 4.96 Å². The molecule has 0 aliphatic carbocycles. The Kier molecular flexibility index (Phi) is 3.82. The molecule has 88 valence electrons. The number of aliphatic hydroxyl groups excluding tert-OH is 3. The zero-order valence-electron chi connectivity index (χ0n) is 8.41. The lowest BCUT2D eigenvalue weighted by atomic mass is 10.4. The lowest BCUT2D eigenvalue weighted by molar-refractivity contribution is 0.113. The summed E-state index contributed by atoms with van der Waals surface area (Å²) in [7, 11) is 0. The molecule has 7 heteroatoms. The Morgan fingerprint density at radius 2 is 2.31 bits per heavy atom. The second kappa shape index (κ2) is 5.15. The second-order valence-electron chi connectivity index (χ2n) is 3.22. The van der Waals surface area contributed by atoms with E-state index in [4.69, 9.17) is 5.11 Å². The molecule has 0 saturated heterocycles. The van der Waals surface area contributed by atoms with Crippen molar-refractivity contribution in [3.05, 3.63) is 17.3 Å². The maximum absolute atomic E-state index is 9.26. The van der Waals surface area contributed by atoms with Crippen LogP contribution in [0.1, 0.15) is 5.69 Å². The van der Waals surface area contributed by atoms with Crippen molar-refractivity contribution >= 4 is 28.1 Å². The van der Waals surface area contributed by atoms with Gasteiger partial charge in [0.05, 0.1) is 25.0 Å². The van der Waals surface area contributed by atoms with Crippen molar-refractivity contribution in [1.82, 2.24) is 9.38 Å². The van der Waals surface area contributed by atoms with Crippen molar-refractivity contribution in [2.45, 2.75) is 17.7 Å². The van der Waals surface area contributed by atoms with E-state index in [1.54, 1.807) is 0 Å². The molecule has 16 heavy (non-hydrogen) atoms. The molecule has 0 aromatic carbocycles. The van der Waals surface area contributed by atoms with E-state index in [-0.39, 0.29) is 13.2 Å². The summed E-state index contributed by atoms with van der Waals surface area (Å²) in [4.78, 5) is 5.17. The van der Waals surface area contributed by atoms with Crippen LogP contribution in [0.3, 0.4) is 0 Å². The number of imidazole rings is 1. The molecule has 2 aromatic rings. The molecule has 2 aromatic heterocycles. The monoisotopic (exact) mass is 260 g/mol. The summed E-state index contributed by atoms with van der Waals surface area (Å²) in [6.45, 7) is -0.348. The van der Waals surface area contributed by atoms with Gasteiger partial charge in [0.25, 0.3) is 0 Å². The van der Waals surface area contributed by atoms with Gasteiger partial charge in [-0.05, 0) is 0 Å². The van der Waals surface area contributed by atoms with Crippen LogP contribution in [0.2, 0.25) is 0 Å². The van der Waals surface area contributed by atoms with E-state index in [9.17, 15) is 10.2 Å². The van der Waals surface area contributed by atoms with Gasteiger partial charge in [-0.2, -0.15) is 0 Å². The van der Waals surface area contributed by atoms with E-state index in [1.807, 2.05) is 16.0 Å². The van der Waals surface area contributed by atoms with E-state index in [0.29, 0.717) is 10.8 Å². The number of aliphatic hydroxyl groups is 3. The predicted octanol–water partition coefficient (Wildman–Crippen LogP) is 0.333. The van der Waals surface area contributed by atoms with E-state index in [0.717, 1.165) is 10.7 Å². The van der Waals surface area contributed by atoms with Gasteiger partial charge in [0.2, 0.25) is 0 Å².